The zero-order valence-corrected chi connectivity index (χ0v) is 14.1. The SMILES string of the molecule is COc1ccc2nc(-c3ccc(Cl)c(NC(=O)CC(F)(F)F)c3)cn2n1. The van der Waals surface area contributed by atoms with Gasteiger partial charge in [0.2, 0.25) is 11.8 Å². The molecule has 136 valence electrons. The molecule has 0 saturated heterocycles. The van der Waals surface area contributed by atoms with Gasteiger partial charge in [-0.25, -0.2) is 9.50 Å². The third-order valence-corrected chi connectivity index (χ3v) is 3.73. The summed E-state index contributed by atoms with van der Waals surface area (Å²) in [5, 5.41) is 6.47. The van der Waals surface area contributed by atoms with Crippen molar-refractivity contribution in [2.45, 2.75) is 12.6 Å². The number of imidazole rings is 1. The standard InChI is InChI=1S/C16H12ClF3N4O2/c1-26-15-5-4-13-21-12(8-24(13)23-15)9-2-3-10(17)11(6-9)22-14(25)7-16(18,19)20/h2-6,8H,7H2,1H3,(H,22,25). The van der Waals surface area contributed by atoms with Gasteiger partial charge in [0.1, 0.15) is 6.42 Å². The van der Waals surface area contributed by atoms with Crippen LogP contribution >= 0.6 is 11.6 Å². The number of nitrogens with one attached hydrogen (secondary N) is 1. The summed E-state index contributed by atoms with van der Waals surface area (Å²) in [6, 6.07) is 7.92. The zero-order valence-electron chi connectivity index (χ0n) is 13.3. The summed E-state index contributed by atoms with van der Waals surface area (Å²) in [5.41, 5.74) is 1.69. The molecule has 0 bridgehead atoms. The van der Waals surface area contributed by atoms with E-state index in [9.17, 15) is 18.0 Å². The molecule has 0 saturated carbocycles. The molecular formula is C16H12ClF3N4O2. The van der Waals surface area contributed by atoms with Gasteiger partial charge in [-0.2, -0.15) is 13.2 Å². The monoisotopic (exact) mass is 384 g/mol. The number of methoxy groups -OCH3 is 1. The van der Waals surface area contributed by atoms with Crippen LogP contribution in [0.1, 0.15) is 6.42 Å². The fourth-order valence-electron chi connectivity index (χ4n) is 2.27. The fourth-order valence-corrected chi connectivity index (χ4v) is 2.43. The first kappa shape index (κ1) is 18.0. The van der Waals surface area contributed by atoms with Crippen molar-refractivity contribution in [1.29, 1.82) is 0 Å². The third kappa shape index (κ3) is 4.05. The lowest BCUT2D eigenvalue weighted by molar-refractivity contribution is -0.150. The Balaban J connectivity index is 1.90. The van der Waals surface area contributed by atoms with E-state index < -0.39 is 18.5 Å². The summed E-state index contributed by atoms with van der Waals surface area (Å²) in [6.45, 7) is 0. The van der Waals surface area contributed by atoms with Gasteiger partial charge in [-0.1, -0.05) is 17.7 Å². The third-order valence-electron chi connectivity index (χ3n) is 3.40. The second-order valence-electron chi connectivity index (χ2n) is 5.34. The smallest absolute Gasteiger partial charge is 0.397 e. The lowest BCUT2D eigenvalue weighted by atomic mass is 10.1. The summed E-state index contributed by atoms with van der Waals surface area (Å²) >= 11 is 5.97. The molecule has 0 atom stereocenters. The minimum absolute atomic E-state index is 0.0704. The minimum atomic E-state index is -4.60. The highest BCUT2D eigenvalue weighted by Crippen LogP contribution is 2.29. The fraction of sp³-hybridized carbons (Fsp3) is 0.188. The number of carbonyl (C=O) groups is 1. The van der Waals surface area contributed by atoms with Gasteiger partial charge in [-0.3, -0.25) is 4.79 Å². The highest BCUT2D eigenvalue weighted by atomic mass is 35.5. The van der Waals surface area contributed by atoms with Gasteiger partial charge in [-0.05, 0) is 18.2 Å². The lowest BCUT2D eigenvalue weighted by Gasteiger charge is -2.10. The second-order valence-corrected chi connectivity index (χ2v) is 5.75. The average molecular weight is 385 g/mol. The van der Waals surface area contributed by atoms with Gasteiger partial charge < -0.3 is 10.1 Å². The van der Waals surface area contributed by atoms with E-state index in [-0.39, 0.29) is 10.7 Å². The Labute approximate surface area is 150 Å². The molecule has 2 aromatic heterocycles. The normalized spacial score (nSPS) is 11.6. The molecule has 0 aliphatic carbocycles. The molecule has 0 aliphatic rings. The zero-order chi connectivity index (χ0) is 18.9. The summed E-state index contributed by atoms with van der Waals surface area (Å²) in [7, 11) is 1.49. The van der Waals surface area contributed by atoms with Gasteiger partial charge in [0, 0.05) is 11.6 Å². The summed E-state index contributed by atoms with van der Waals surface area (Å²) < 4.78 is 43.5. The molecule has 3 rings (SSSR count). The van der Waals surface area contributed by atoms with Crippen molar-refractivity contribution in [3.05, 3.63) is 41.6 Å². The van der Waals surface area contributed by atoms with Crippen LogP contribution in [0.4, 0.5) is 18.9 Å². The van der Waals surface area contributed by atoms with E-state index >= 15 is 0 Å². The van der Waals surface area contributed by atoms with Crippen LogP contribution in [0, 0.1) is 0 Å². The summed E-state index contributed by atoms with van der Waals surface area (Å²) in [4.78, 5) is 15.9. The molecule has 0 radical (unpaired) electrons. The predicted octanol–water partition coefficient (Wildman–Crippen LogP) is 3.95. The first-order chi connectivity index (χ1) is 12.2. The quantitative estimate of drug-likeness (QED) is 0.739. The molecule has 1 aromatic carbocycles. The minimum Gasteiger partial charge on any atom is -0.480 e. The van der Waals surface area contributed by atoms with Crippen molar-refractivity contribution in [2.75, 3.05) is 12.4 Å². The number of rotatable bonds is 4. The first-order valence-corrected chi connectivity index (χ1v) is 7.70. The topological polar surface area (TPSA) is 68.5 Å². The van der Waals surface area contributed by atoms with E-state index in [1.165, 1.54) is 23.8 Å². The highest BCUT2D eigenvalue weighted by Gasteiger charge is 2.31. The van der Waals surface area contributed by atoms with E-state index in [1.54, 1.807) is 24.4 Å². The van der Waals surface area contributed by atoms with Crippen LogP contribution in [0.3, 0.4) is 0 Å². The molecule has 1 N–H and O–H groups in total. The van der Waals surface area contributed by atoms with Crippen molar-refractivity contribution in [3.8, 4) is 17.1 Å². The Bertz CT molecular complexity index is 972. The number of hydrogen-bond acceptors (Lipinski definition) is 4. The molecule has 6 nitrogen and oxygen atoms in total. The molecule has 0 aliphatic heterocycles. The Morgan fingerprint density at radius 3 is 2.77 bits per heavy atom. The van der Waals surface area contributed by atoms with E-state index in [4.69, 9.17) is 16.3 Å². The number of alkyl halides is 3. The molecule has 1 amide bonds. The number of halogens is 4. The number of carbonyl (C=O) groups excluding carboxylic acids is 1. The Kier molecular flexibility index (Phi) is 4.73. The number of fused-ring (bicyclic) bond motifs is 1. The summed E-state index contributed by atoms with van der Waals surface area (Å²) in [5.74, 6) is -0.796. The summed E-state index contributed by atoms with van der Waals surface area (Å²) in [6.07, 6.45) is -4.56. The van der Waals surface area contributed by atoms with Gasteiger partial charge in [-0.15, -0.1) is 5.10 Å². The van der Waals surface area contributed by atoms with Crippen molar-refractivity contribution in [1.82, 2.24) is 14.6 Å². The van der Waals surface area contributed by atoms with Gasteiger partial charge in [0.25, 0.3) is 0 Å². The lowest BCUT2D eigenvalue weighted by Crippen LogP contribution is -2.21. The Morgan fingerprint density at radius 2 is 2.08 bits per heavy atom. The number of nitrogens with zero attached hydrogens (tertiary/aromatic N) is 3. The molecule has 2 heterocycles. The molecule has 0 spiro atoms. The first-order valence-electron chi connectivity index (χ1n) is 7.32. The molecule has 26 heavy (non-hydrogen) atoms. The number of aromatic nitrogens is 3. The molecule has 3 aromatic rings. The largest absolute Gasteiger partial charge is 0.480 e. The molecular weight excluding hydrogens is 373 g/mol. The average Bonchev–Trinajstić information content (AvgIpc) is 2.98. The number of ether oxygens (including phenoxy) is 1. The maximum atomic E-state index is 12.3. The van der Waals surface area contributed by atoms with Crippen LogP contribution in [0.2, 0.25) is 5.02 Å². The predicted molar refractivity (Wildman–Crippen MR) is 89.3 cm³/mol. The highest BCUT2D eigenvalue weighted by molar-refractivity contribution is 6.33. The second kappa shape index (κ2) is 6.83. The molecule has 0 unspecified atom stereocenters. The van der Waals surface area contributed by atoms with Crippen LogP contribution < -0.4 is 10.1 Å². The Morgan fingerprint density at radius 1 is 1.31 bits per heavy atom. The number of benzene rings is 1. The van der Waals surface area contributed by atoms with E-state index in [0.29, 0.717) is 22.8 Å². The van der Waals surface area contributed by atoms with E-state index in [1.807, 2.05) is 0 Å². The van der Waals surface area contributed by atoms with Gasteiger partial charge >= 0.3 is 6.18 Å². The molecule has 10 heteroatoms. The van der Waals surface area contributed by atoms with E-state index in [2.05, 4.69) is 15.4 Å². The molecule has 0 fully saturated rings. The van der Waals surface area contributed by atoms with Crippen molar-refractivity contribution < 1.29 is 22.7 Å². The van der Waals surface area contributed by atoms with Crippen LogP contribution in [-0.4, -0.2) is 33.8 Å². The van der Waals surface area contributed by atoms with E-state index in [0.717, 1.165) is 0 Å². The van der Waals surface area contributed by atoms with Crippen molar-refractivity contribution in [3.63, 3.8) is 0 Å². The number of amides is 1. The number of hydrogen-bond donors (Lipinski definition) is 1. The van der Waals surface area contributed by atoms with Gasteiger partial charge in [0.15, 0.2) is 5.65 Å². The van der Waals surface area contributed by atoms with Crippen LogP contribution in [0.25, 0.3) is 16.9 Å². The van der Waals surface area contributed by atoms with Crippen molar-refractivity contribution in [2.24, 2.45) is 0 Å². The maximum Gasteiger partial charge on any atom is 0.397 e. The van der Waals surface area contributed by atoms with Crippen molar-refractivity contribution >= 4 is 28.8 Å². The maximum absolute atomic E-state index is 12.3. The van der Waals surface area contributed by atoms with Crippen LogP contribution in [0.15, 0.2) is 36.5 Å². The van der Waals surface area contributed by atoms with Gasteiger partial charge in [0.05, 0.1) is 29.7 Å². The van der Waals surface area contributed by atoms with Crippen LogP contribution in [-0.2, 0) is 4.79 Å². The Hall–Kier alpha value is -2.81. The van der Waals surface area contributed by atoms with Crippen LogP contribution in [0.5, 0.6) is 5.88 Å². The number of anilines is 1.